The predicted octanol–water partition coefficient (Wildman–Crippen LogP) is 2.98. The van der Waals surface area contributed by atoms with Crippen molar-refractivity contribution in [1.29, 1.82) is 0 Å². The molecule has 0 saturated carbocycles. The summed E-state index contributed by atoms with van der Waals surface area (Å²) in [6, 6.07) is 0.742. The molecule has 0 aromatic carbocycles. The van der Waals surface area contributed by atoms with E-state index in [9.17, 15) is 0 Å². The Morgan fingerprint density at radius 2 is 2.06 bits per heavy atom. The molecule has 0 amide bonds. The molecule has 1 atom stereocenters. The third-order valence-corrected chi connectivity index (χ3v) is 4.70. The Morgan fingerprint density at radius 3 is 2.65 bits per heavy atom. The molecule has 1 rings (SSSR count). The third-order valence-electron chi connectivity index (χ3n) is 3.40. The lowest BCUT2D eigenvalue weighted by Crippen LogP contribution is -2.51. The van der Waals surface area contributed by atoms with Gasteiger partial charge in [0.2, 0.25) is 0 Å². The van der Waals surface area contributed by atoms with Gasteiger partial charge in [-0.2, -0.15) is 11.8 Å². The van der Waals surface area contributed by atoms with Gasteiger partial charge in [0.25, 0.3) is 0 Å². The minimum absolute atomic E-state index is 0.439. The smallest absolute Gasteiger partial charge is 0.0231 e. The fourth-order valence-corrected chi connectivity index (χ4v) is 3.69. The molecule has 102 valence electrons. The van der Waals surface area contributed by atoms with E-state index >= 15 is 0 Å². The second kappa shape index (κ2) is 7.65. The zero-order chi connectivity index (χ0) is 12.7. The van der Waals surface area contributed by atoms with Crippen molar-refractivity contribution in [3.05, 3.63) is 0 Å². The van der Waals surface area contributed by atoms with Crippen molar-refractivity contribution in [1.82, 2.24) is 10.2 Å². The molecule has 1 heterocycles. The number of hydrogen-bond acceptors (Lipinski definition) is 3. The van der Waals surface area contributed by atoms with Crippen molar-refractivity contribution in [3.63, 3.8) is 0 Å². The van der Waals surface area contributed by atoms with Crippen LogP contribution in [-0.2, 0) is 0 Å². The van der Waals surface area contributed by atoms with Crippen molar-refractivity contribution in [2.45, 2.75) is 57.7 Å². The summed E-state index contributed by atoms with van der Waals surface area (Å²) >= 11 is 2.13. The number of nitrogens with one attached hydrogen (secondary N) is 1. The average molecular weight is 258 g/mol. The first-order valence-electron chi connectivity index (χ1n) is 7.17. The van der Waals surface area contributed by atoms with Crippen molar-refractivity contribution >= 4 is 11.8 Å². The highest BCUT2D eigenvalue weighted by Crippen LogP contribution is 2.30. The maximum absolute atomic E-state index is 3.60. The normalized spacial score (nSPS) is 22.6. The topological polar surface area (TPSA) is 15.3 Å². The van der Waals surface area contributed by atoms with Crippen LogP contribution in [0.25, 0.3) is 0 Å². The maximum Gasteiger partial charge on any atom is 0.0231 e. The second-order valence-corrected chi connectivity index (χ2v) is 7.53. The summed E-state index contributed by atoms with van der Waals surface area (Å²) < 4.78 is 0.439. The van der Waals surface area contributed by atoms with Gasteiger partial charge in [-0.3, -0.25) is 4.90 Å². The quantitative estimate of drug-likeness (QED) is 0.707. The van der Waals surface area contributed by atoms with Gasteiger partial charge in [-0.25, -0.2) is 0 Å². The van der Waals surface area contributed by atoms with Gasteiger partial charge < -0.3 is 5.32 Å². The summed E-state index contributed by atoms with van der Waals surface area (Å²) in [6.07, 6.45) is 3.86. The molecule has 1 saturated heterocycles. The van der Waals surface area contributed by atoms with Crippen LogP contribution in [0, 0.1) is 0 Å². The number of rotatable bonds is 7. The number of hydrogen-bond donors (Lipinski definition) is 1. The first-order valence-corrected chi connectivity index (χ1v) is 8.16. The van der Waals surface area contributed by atoms with E-state index in [1.165, 1.54) is 44.6 Å². The molecule has 0 aromatic heterocycles. The van der Waals surface area contributed by atoms with Crippen LogP contribution < -0.4 is 5.32 Å². The minimum Gasteiger partial charge on any atom is -0.315 e. The van der Waals surface area contributed by atoms with Crippen molar-refractivity contribution < 1.29 is 0 Å². The van der Waals surface area contributed by atoms with Gasteiger partial charge in [0.05, 0.1) is 0 Å². The summed E-state index contributed by atoms with van der Waals surface area (Å²) in [6.45, 7) is 14.1. The molecule has 2 nitrogen and oxygen atoms in total. The fraction of sp³-hybridized carbons (Fsp3) is 1.00. The molecule has 1 fully saturated rings. The van der Waals surface area contributed by atoms with Gasteiger partial charge in [0.1, 0.15) is 0 Å². The molecular formula is C14H30N2S. The zero-order valence-electron chi connectivity index (χ0n) is 12.1. The number of thioether (sulfide) groups is 1. The highest BCUT2D eigenvalue weighted by Gasteiger charge is 2.30. The highest BCUT2D eigenvalue weighted by atomic mass is 32.2. The SMILES string of the molecule is CCCNCC(CCC)N1CCSC(C)(C)C1. The van der Waals surface area contributed by atoms with Crippen LogP contribution in [-0.4, -0.2) is 47.6 Å². The summed E-state index contributed by atoms with van der Waals surface area (Å²) in [4.78, 5) is 2.71. The van der Waals surface area contributed by atoms with Gasteiger partial charge in [-0.1, -0.05) is 20.3 Å². The Bertz CT molecular complexity index is 206. The molecule has 1 aliphatic rings. The maximum atomic E-state index is 3.60. The predicted molar refractivity (Wildman–Crippen MR) is 80.0 cm³/mol. The van der Waals surface area contributed by atoms with E-state index in [-0.39, 0.29) is 0 Å². The molecule has 1 unspecified atom stereocenters. The molecule has 0 aromatic rings. The van der Waals surface area contributed by atoms with Gasteiger partial charge in [-0.15, -0.1) is 0 Å². The van der Waals surface area contributed by atoms with E-state index in [1.807, 2.05) is 0 Å². The minimum atomic E-state index is 0.439. The van der Waals surface area contributed by atoms with E-state index in [0.717, 1.165) is 12.6 Å². The van der Waals surface area contributed by atoms with Crippen molar-refractivity contribution in [3.8, 4) is 0 Å². The van der Waals surface area contributed by atoms with Crippen molar-refractivity contribution in [2.75, 3.05) is 31.9 Å². The van der Waals surface area contributed by atoms with E-state index in [2.05, 4.69) is 49.7 Å². The first kappa shape index (κ1) is 15.3. The monoisotopic (exact) mass is 258 g/mol. The Hall–Kier alpha value is 0.270. The third kappa shape index (κ3) is 5.62. The van der Waals surface area contributed by atoms with Gasteiger partial charge in [0.15, 0.2) is 0 Å². The molecule has 3 heteroatoms. The zero-order valence-corrected chi connectivity index (χ0v) is 12.9. The molecule has 17 heavy (non-hydrogen) atoms. The summed E-state index contributed by atoms with van der Waals surface area (Å²) in [5.41, 5.74) is 0. The fourth-order valence-electron chi connectivity index (χ4n) is 2.56. The van der Waals surface area contributed by atoms with E-state index < -0.39 is 0 Å². The van der Waals surface area contributed by atoms with E-state index in [0.29, 0.717) is 4.75 Å². The molecule has 0 spiro atoms. The molecular weight excluding hydrogens is 228 g/mol. The van der Waals surface area contributed by atoms with Crippen LogP contribution >= 0.6 is 11.8 Å². The molecule has 0 aliphatic carbocycles. The Labute approximate surface area is 112 Å². The highest BCUT2D eigenvalue weighted by molar-refractivity contribution is 8.00. The molecule has 0 radical (unpaired) electrons. The summed E-state index contributed by atoms with van der Waals surface area (Å²) in [7, 11) is 0. The summed E-state index contributed by atoms with van der Waals surface area (Å²) in [5.74, 6) is 1.29. The van der Waals surface area contributed by atoms with E-state index in [1.54, 1.807) is 0 Å². The molecule has 1 N–H and O–H groups in total. The van der Waals surface area contributed by atoms with Gasteiger partial charge >= 0.3 is 0 Å². The Morgan fingerprint density at radius 1 is 1.29 bits per heavy atom. The largest absolute Gasteiger partial charge is 0.315 e. The molecule has 0 bridgehead atoms. The lowest BCUT2D eigenvalue weighted by atomic mass is 10.1. The van der Waals surface area contributed by atoms with Gasteiger partial charge in [0, 0.05) is 36.2 Å². The lowest BCUT2D eigenvalue weighted by molar-refractivity contribution is 0.173. The van der Waals surface area contributed by atoms with Crippen LogP contribution in [0.5, 0.6) is 0 Å². The Kier molecular flexibility index (Phi) is 6.90. The summed E-state index contributed by atoms with van der Waals surface area (Å²) in [5, 5.41) is 3.60. The standard InChI is InChI=1S/C14H30N2S/c1-5-7-13(11-15-8-6-2)16-9-10-17-14(3,4)12-16/h13,15H,5-12H2,1-4H3. The van der Waals surface area contributed by atoms with Crippen LogP contribution in [0.3, 0.4) is 0 Å². The molecule has 1 aliphatic heterocycles. The van der Waals surface area contributed by atoms with Crippen LogP contribution in [0.1, 0.15) is 47.0 Å². The number of nitrogens with zero attached hydrogens (tertiary/aromatic N) is 1. The van der Waals surface area contributed by atoms with Crippen molar-refractivity contribution in [2.24, 2.45) is 0 Å². The average Bonchev–Trinajstić information content (AvgIpc) is 2.27. The van der Waals surface area contributed by atoms with Gasteiger partial charge in [-0.05, 0) is 33.2 Å². The van der Waals surface area contributed by atoms with Crippen LogP contribution in [0.15, 0.2) is 0 Å². The lowest BCUT2D eigenvalue weighted by Gasteiger charge is -2.42. The second-order valence-electron chi connectivity index (χ2n) is 5.73. The Balaban J connectivity index is 2.44. The first-order chi connectivity index (χ1) is 8.09. The van der Waals surface area contributed by atoms with E-state index in [4.69, 9.17) is 0 Å². The van der Waals surface area contributed by atoms with Crippen LogP contribution in [0.4, 0.5) is 0 Å². The van der Waals surface area contributed by atoms with Crippen LogP contribution in [0.2, 0.25) is 0 Å².